The third-order valence-corrected chi connectivity index (χ3v) is 2.41. The van der Waals surface area contributed by atoms with Crippen molar-refractivity contribution in [2.24, 2.45) is 0 Å². The molecule has 0 bridgehead atoms. The van der Waals surface area contributed by atoms with Gasteiger partial charge in [-0.1, -0.05) is 6.92 Å². The summed E-state index contributed by atoms with van der Waals surface area (Å²) in [7, 11) is 1.45. The van der Waals surface area contributed by atoms with Crippen molar-refractivity contribution in [2.45, 2.75) is 25.8 Å². The zero-order chi connectivity index (χ0) is 14.8. The molecule has 0 aliphatic rings. The van der Waals surface area contributed by atoms with E-state index >= 15 is 0 Å². The first kappa shape index (κ1) is 17.2. The minimum Gasteiger partial charge on any atom is -0.480 e. The predicted molar refractivity (Wildman–Crippen MR) is 67.6 cm³/mol. The molecule has 0 aliphatic carbocycles. The molecule has 1 atom stereocenters. The zero-order valence-corrected chi connectivity index (χ0v) is 11.2. The van der Waals surface area contributed by atoms with Crippen molar-refractivity contribution < 1.29 is 24.6 Å². The van der Waals surface area contributed by atoms with Crippen molar-refractivity contribution in [2.75, 3.05) is 26.7 Å². The summed E-state index contributed by atoms with van der Waals surface area (Å²) in [5.74, 6) is -1.56. The van der Waals surface area contributed by atoms with E-state index in [1.165, 1.54) is 11.9 Å². The number of carboxylic acid groups (broad SMARTS) is 1. The SMILES string of the molecule is CCCN(CC(=O)NC)C(=O)N[C@@H](CCO)C(=O)O. The molecule has 0 saturated carbocycles. The highest BCUT2D eigenvalue weighted by atomic mass is 16.4. The molecule has 0 unspecified atom stereocenters. The van der Waals surface area contributed by atoms with Gasteiger partial charge in [-0.2, -0.15) is 0 Å². The van der Waals surface area contributed by atoms with Crippen molar-refractivity contribution in [1.29, 1.82) is 0 Å². The number of likely N-dealkylation sites (N-methyl/N-ethyl adjacent to an activating group) is 1. The molecule has 8 nitrogen and oxygen atoms in total. The smallest absolute Gasteiger partial charge is 0.326 e. The van der Waals surface area contributed by atoms with Crippen LogP contribution >= 0.6 is 0 Å². The molecule has 0 aliphatic heterocycles. The molecule has 0 rings (SSSR count). The number of carboxylic acids is 1. The van der Waals surface area contributed by atoms with Crippen LogP contribution in [0.25, 0.3) is 0 Å². The van der Waals surface area contributed by atoms with Crippen molar-refractivity contribution in [3.05, 3.63) is 0 Å². The number of aliphatic hydroxyl groups is 1. The van der Waals surface area contributed by atoms with Crippen LogP contribution in [0.4, 0.5) is 4.79 Å². The van der Waals surface area contributed by atoms with Gasteiger partial charge in [-0.05, 0) is 6.42 Å². The first-order valence-electron chi connectivity index (χ1n) is 6.05. The second kappa shape index (κ2) is 9.15. The molecule has 8 heteroatoms. The fraction of sp³-hybridized carbons (Fsp3) is 0.727. The third-order valence-electron chi connectivity index (χ3n) is 2.41. The van der Waals surface area contributed by atoms with Crippen LogP contribution in [0.5, 0.6) is 0 Å². The van der Waals surface area contributed by atoms with Gasteiger partial charge in [0.05, 0.1) is 0 Å². The number of hydrogen-bond donors (Lipinski definition) is 4. The van der Waals surface area contributed by atoms with Crippen LogP contribution in [0, 0.1) is 0 Å². The lowest BCUT2D eigenvalue weighted by Crippen LogP contribution is -2.50. The number of nitrogens with zero attached hydrogens (tertiary/aromatic N) is 1. The van der Waals surface area contributed by atoms with E-state index in [0.717, 1.165) is 0 Å². The van der Waals surface area contributed by atoms with Crippen molar-refractivity contribution >= 4 is 17.9 Å². The summed E-state index contributed by atoms with van der Waals surface area (Å²) in [4.78, 5) is 35.2. The van der Waals surface area contributed by atoms with E-state index in [2.05, 4.69) is 10.6 Å². The molecule has 0 heterocycles. The Labute approximate surface area is 111 Å². The highest BCUT2D eigenvalue weighted by molar-refractivity contribution is 5.86. The Morgan fingerprint density at radius 3 is 2.37 bits per heavy atom. The van der Waals surface area contributed by atoms with Gasteiger partial charge in [0.25, 0.3) is 0 Å². The van der Waals surface area contributed by atoms with Gasteiger partial charge in [-0.15, -0.1) is 0 Å². The Balaban J connectivity index is 4.60. The molecule has 0 aromatic carbocycles. The lowest BCUT2D eigenvalue weighted by atomic mass is 10.2. The topological polar surface area (TPSA) is 119 Å². The summed E-state index contributed by atoms with van der Waals surface area (Å²) in [5.41, 5.74) is 0. The van der Waals surface area contributed by atoms with Crippen LogP contribution in [0.1, 0.15) is 19.8 Å². The number of hydrogen-bond acceptors (Lipinski definition) is 4. The first-order valence-corrected chi connectivity index (χ1v) is 6.05. The van der Waals surface area contributed by atoms with Crippen molar-refractivity contribution in [3.63, 3.8) is 0 Å². The van der Waals surface area contributed by atoms with Crippen LogP contribution in [0.15, 0.2) is 0 Å². The number of carbonyl (C=O) groups is 3. The number of aliphatic hydroxyl groups excluding tert-OH is 1. The summed E-state index contributed by atoms with van der Waals surface area (Å²) < 4.78 is 0. The minimum atomic E-state index is -1.22. The maximum Gasteiger partial charge on any atom is 0.326 e. The highest BCUT2D eigenvalue weighted by Crippen LogP contribution is 1.97. The number of amides is 3. The summed E-state index contributed by atoms with van der Waals surface area (Å²) in [6.45, 7) is 1.69. The normalized spacial score (nSPS) is 11.5. The van der Waals surface area contributed by atoms with Crippen LogP contribution in [0.2, 0.25) is 0 Å². The second-order valence-electron chi connectivity index (χ2n) is 3.95. The Morgan fingerprint density at radius 2 is 1.95 bits per heavy atom. The molecular formula is C11H21N3O5. The van der Waals surface area contributed by atoms with E-state index in [-0.39, 0.29) is 25.5 Å². The summed E-state index contributed by atoms with van der Waals surface area (Å²) in [5, 5.41) is 22.3. The molecule has 0 radical (unpaired) electrons. The standard InChI is InChI=1S/C11H21N3O5/c1-3-5-14(7-9(16)12-2)11(19)13-8(4-6-15)10(17)18/h8,15H,3-7H2,1-2H3,(H,12,16)(H,13,19)(H,17,18)/t8-/m0/s1. The van der Waals surface area contributed by atoms with Gasteiger partial charge in [0.15, 0.2) is 0 Å². The first-order chi connectivity index (χ1) is 8.96. The van der Waals surface area contributed by atoms with E-state index in [1.807, 2.05) is 6.92 Å². The van der Waals surface area contributed by atoms with Gasteiger partial charge in [-0.3, -0.25) is 4.79 Å². The number of urea groups is 1. The maximum atomic E-state index is 11.9. The molecule has 19 heavy (non-hydrogen) atoms. The average Bonchev–Trinajstić information content (AvgIpc) is 2.37. The number of aliphatic carboxylic acids is 1. The molecule has 0 aromatic heterocycles. The lowest BCUT2D eigenvalue weighted by Gasteiger charge is -2.23. The van der Waals surface area contributed by atoms with E-state index < -0.39 is 18.0 Å². The van der Waals surface area contributed by atoms with Gasteiger partial charge >= 0.3 is 12.0 Å². The summed E-state index contributed by atoms with van der Waals surface area (Å²) >= 11 is 0. The molecule has 0 aromatic rings. The van der Waals surface area contributed by atoms with Crippen molar-refractivity contribution in [3.8, 4) is 0 Å². The van der Waals surface area contributed by atoms with Gasteiger partial charge in [0.2, 0.25) is 5.91 Å². The molecule has 110 valence electrons. The van der Waals surface area contributed by atoms with Gasteiger partial charge in [0, 0.05) is 26.6 Å². The number of carbonyl (C=O) groups excluding carboxylic acids is 2. The van der Waals surface area contributed by atoms with Gasteiger partial charge in [-0.25, -0.2) is 9.59 Å². The van der Waals surface area contributed by atoms with Crippen LogP contribution in [-0.2, 0) is 9.59 Å². The molecular weight excluding hydrogens is 254 g/mol. The summed E-state index contributed by atoms with van der Waals surface area (Å²) in [6.07, 6.45) is 0.559. The second-order valence-corrected chi connectivity index (χ2v) is 3.95. The maximum absolute atomic E-state index is 11.9. The Hall–Kier alpha value is -1.83. The molecule has 3 amide bonds. The van der Waals surface area contributed by atoms with E-state index in [9.17, 15) is 14.4 Å². The number of rotatable bonds is 8. The Bertz CT molecular complexity index is 319. The third kappa shape index (κ3) is 6.61. The largest absolute Gasteiger partial charge is 0.480 e. The Morgan fingerprint density at radius 1 is 1.32 bits per heavy atom. The Kier molecular flexibility index (Phi) is 8.27. The van der Waals surface area contributed by atoms with E-state index in [4.69, 9.17) is 10.2 Å². The predicted octanol–water partition coefficient (Wildman–Crippen LogP) is -1.01. The monoisotopic (exact) mass is 275 g/mol. The van der Waals surface area contributed by atoms with Crippen LogP contribution in [0.3, 0.4) is 0 Å². The molecule has 0 saturated heterocycles. The summed E-state index contributed by atoms with van der Waals surface area (Å²) in [6, 6.07) is -1.80. The van der Waals surface area contributed by atoms with Gasteiger partial charge < -0.3 is 25.7 Å². The molecule has 0 fully saturated rings. The van der Waals surface area contributed by atoms with Gasteiger partial charge in [0.1, 0.15) is 12.6 Å². The zero-order valence-electron chi connectivity index (χ0n) is 11.2. The lowest BCUT2D eigenvalue weighted by molar-refractivity contribution is -0.139. The fourth-order valence-electron chi connectivity index (χ4n) is 1.40. The van der Waals surface area contributed by atoms with E-state index in [0.29, 0.717) is 13.0 Å². The van der Waals surface area contributed by atoms with E-state index in [1.54, 1.807) is 0 Å². The molecule has 0 spiro atoms. The highest BCUT2D eigenvalue weighted by Gasteiger charge is 2.23. The fourth-order valence-corrected chi connectivity index (χ4v) is 1.40. The molecule has 4 N–H and O–H groups in total. The van der Waals surface area contributed by atoms with Crippen LogP contribution < -0.4 is 10.6 Å². The minimum absolute atomic E-state index is 0.0823. The quantitative estimate of drug-likeness (QED) is 0.452. The number of nitrogens with one attached hydrogen (secondary N) is 2. The van der Waals surface area contributed by atoms with Crippen molar-refractivity contribution in [1.82, 2.24) is 15.5 Å². The van der Waals surface area contributed by atoms with Crippen LogP contribution in [-0.4, -0.2) is 65.8 Å². The average molecular weight is 275 g/mol.